The van der Waals surface area contributed by atoms with Crippen LogP contribution >= 0.6 is 22.7 Å². The molecule has 0 aromatic carbocycles. The first-order valence-corrected chi connectivity index (χ1v) is 11.4. The Bertz CT molecular complexity index is 669. The fraction of sp³-hybridized carbons (Fsp3) is 0.696. The highest BCUT2D eigenvalue weighted by Crippen LogP contribution is 2.44. The lowest BCUT2D eigenvalue weighted by atomic mass is 9.71. The average Bonchev–Trinajstić information content (AvgIpc) is 3.13. The molecule has 0 bridgehead atoms. The zero-order valence-electron chi connectivity index (χ0n) is 18.4. The molecule has 0 amide bonds. The van der Waals surface area contributed by atoms with Gasteiger partial charge in [-0.1, -0.05) is 69.2 Å². The van der Waals surface area contributed by atoms with Crippen LogP contribution in [0.25, 0.3) is 0 Å². The zero-order valence-corrected chi connectivity index (χ0v) is 20.0. The molecule has 0 fully saturated rings. The van der Waals surface area contributed by atoms with Crippen molar-refractivity contribution in [2.24, 2.45) is 0 Å². The zero-order chi connectivity index (χ0) is 20.0. The van der Waals surface area contributed by atoms with Gasteiger partial charge in [-0.15, -0.1) is 22.7 Å². The van der Waals surface area contributed by atoms with Gasteiger partial charge in [-0.3, -0.25) is 0 Å². The normalized spacial score (nSPS) is 14.1. The predicted molar refractivity (Wildman–Crippen MR) is 119 cm³/mol. The van der Waals surface area contributed by atoms with Gasteiger partial charge in [0.05, 0.1) is 11.2 Å². The number of nitrogens with zero attached hydrogens (tertiary/aromatic N) is 1. The Hall–Kier alpha value is -0.670. The third-order valence-electron chi connectivity index (χ3n) is 5.34. The topological polar surface area (TPSA) is 12.9 Å². The summed E-state index contributed by atoms with van der Waals surface area (Å²) in [4.78, 5) is 7.76. The predicted octanol–water partition coefficient (Wildman–Crippen LogP) is 7.84. The van der Waals surface area contributed by atoms with Crippen LogP contribution in [-0.2, 0) is 21.7 Å². The summed E-state index contributed by atoms with van der Waals surface area (Å²) in [6.07, 6.45) is 2.31. The first-order valence-electron chi connectivity index (χ1n) is 9.69. The molecule has 0 saturated carbocycles. The van der Waals surface area contributed by atoms with E-state index in [0.29, 0.717) is 0 Å². The molecule has 1 nitrogen and oxygen atoms in total. The maximum Gasteiger partial charge on any atom is 0.0798 e. The average molecular weight is 392 g/mol. The van der Waals surface area contributed by atoms with Crippen LogP contribution in [0.15, 0.2) is 17.0 Å². The van der Waals surface area contributed by atoms with Crippen LogP contribution in [0.1, 0.15) is 103 Å². The minimum absolute atomic E-state index is 0.0950. The lowest BCUT2D eigenvalue weighted by Gasteiger charge is -2.34. The third-order valence-corrected chi connectivity index (χ3v) is 7.93. The Morgan fingerprint density at radius 1 is 0.731 bits per heavy atom. The Balaban J connectivity index is 2.25. The van der Waals surface area contributed by atoms with Crippen molar-refractivity contribution in [3.63, 3.8) is 0 Å². The van der Waals surface area contributed by atoms with Crippen LogP contribution < -0.4 is 0 Å². The SMILES string of the molecule is CC(C)(C)c1sccc1C(C)(C)CCC(C)(C)c1ncsc1C(C)(C)C. The molecule has 146 valence electrons. The Labute approximate surface area is 169 Å². The number of hydrogen-bond donors (Lipinski definition) is 0. The van der Waals surface area contributed by atoms with E-state index >= 15 is 0 Å². The van der Waals surface area contributed by atoms with Crippen molar-refractivity contribution in [1.82, 2.24) is 4.98 Å². The van der Waals surface area contributed by atoms with Crippen molar-refractivity contribution < 1.29 is 0 Å². The second kappa shape index (κ2) is 7.05. The van der Waals surface area contributed by atoms with Crippen molar-refractivity contribution in [2.45, 2.75) is 104 Å². The van der Waals surface area contributed by atoms with Gasteiger partial charge < -0.3 is 0 Å². The fourth-order valence-corrected chi connectivity index (χ4v) is 5.78. The summed E-state index contributed by atoms with van der Waals surface area (Å²) < 4.78 is 0. The van der Waals surface area contributed by atoms with Gasteiger partial charge in [0, 0.05) is 15.2 Å². The van der Waals surface area contributed by atoms with E-state index in [9.17, 15) is 0 Å². The van der Waals surface area contributed by atoms with E-state index in [4.69, 9.17) is 4.98 Å². The molecule has 2 aromatic heterocycles. The molecule has 2 rings (SSSR count). The first-order chi connectivity index (χ1) is 11.7. The number of aromatic nitrogens is 1. The second-order valence-electron chi connectivity index (χ2n) is 11.0. The Morgan fingerprint density at radius 2 is 1.27 bits per heavy atom. The highest BCUT2D eigenvalue weighted by Gasteiger charge is 2.35. The minimum Gasteiger partial charge on any atom is -0.249 e. The molecular formula is C23H37NS2. The molecule has 3 heteroatoms. The molecule has 0 N–H and O–H groups in total. The van der Waals surface area contributed by atoms with Gasteiger partial charge in [-0.25, -0.2) is 4.98 Å². The molecule has 0 aliphatic heterocycles. The standard InChI is InChI=1S/C23H37NS2/c1-20(2,3)18-16(11-14-25-18)22(7,8)12-13-23(9,10)17-19(21(4,5)6)26-15-24-17/h11,14-15H,12-13H2,1-10H3. The van der Waals surface area contributed by atoms with Gasteiger partial charge in [-0.2, -0.15) is 0 Å². The van der Waals surface area contributed by atoms with E-state index in [0.717, 1.165) is 6.42 Å². The van der Waals surface area contributed by atoms with E-state index in [1.807, 2.05) is 28.2 Å². The summed E-state index contributed by atoms with van der Waals surface area (Å²) in [7, 11) is 0. The molecule has 2 aromatic rings. The highest BCUT2D eigenvalue weighted by atomic mass is 32.1. The molecule has 0 spiro atoms. The van der Waals surface area contributed by atoms with E-state index in [1.165, 1.54) is 27.4 Å². The van der Waals surface area contributed by atoms with Crippen LogP contribution in [0.3, 0.4) is 0 Å². The van der Waals surface area contributed by atoms with Crippen LogP contribution in [-0.4, -0.2) is 4.98 Å². The van der Waals surface area contributed by atoms with Gasteiger partial charge in [-0.05, 0) is 46.1 Å². The van der Waals surface area contributed by atoms with Crippen LogP contribution in [0.5, 0.6) is 0 Å². The number of thiophene rings is 1. The monoisotopic (exact) mass is 391 g/mol. The third kappa shape index (κ3) is 4.59. The highest BCUT2D eigenvalue weighted by molar-refractivity contribution is 7.10. The summed E-state index contributed by atoms with van der Waals surface area (Å²) in [6.45, 7) is 23.4. The van der Waals surface area contributed by atoms with Gasteiger partial charge in [0.25, 0.3) is 0 Å². The lowest BCUT2D eigenvalue weighted by molar-refractivity contribution is 0.362. The van der Waals surface area contributed by atoms with Gasteiger partial charge in [0.15, 0.2) is 0 Å². The number of rotatable bonds is 5. The minimum atomic E-state index is 0.0950. The molecule has 0 unspecified atom stereocenters. The lowest BCUT2D eigenvalue weighted by Crippen LogP contribution is -2.28. The van der Waals surface area contributed by atoms with Crippen LogP contribution in [0.2, 0.25) is 0 Å². The van der Waals surface area contributed by atoms with Crippen LogP contribution in [0.4, 0.5) is 0 Å². The molecular weight excluding hydrogens is 354 g/mol. The summed E-state index contributed by atoms with van der Waals surface area (Å²) in [5, 5.41) is 2.26. The fourth-order valence-electron chi connectivity index (χ4n) is 3.56. The number of thiazole rings is 1. The molecule has 0 radical (unpaired) electrons. The summed E-state index contributed by atoms with van der Waals surface area (Å²) >= 11 is 3.72. The largest absolute Gasteiger partial charge is 0.249 e. The Kier molecular flexibility index (Phi) is 5.87. The second-order valence-corrected chi connectivity index (χ2v) is 12.7. The van der Waals surface area contributed by atoms with E-state index < -0.39 is 0 Å². The molecule has 0 aliphatic rings. The molecule has 0 saturated heterocycles. The molecule has 0 aliphatic carbocycles. The molecule has 26 heavy (non-hydrogen) atoms. The summed E-state index contributed by atoms with van der Waals surface area (Å²) in [5.41, 5.74) is 5.50. The van der Waals surface area contributed by atoms with Crippen molar-refractivity contribution in [3.05, 3.63) is 38.0 Å². The Morgan fingerprint density at radius 3 is 1.81 bits per heavy atom. The van der Waals surface area contributed by atoms with E-state index in [-0.39, 0.29) is 21.7 Å². The smallest absolute Gasteiger partial charge is 0.0798 e. The molecule has 0 atom stereocenters. The first kappa shape index (κ1) is 21.6. The summed E-state index contributed by atoms with van der Waals surface area (Å²) in [5.74, 6) is 0. The van der Waals surface area contributed by atoms with E-state index in [1.54, 1.807) is 0 Å². The van der Waals surface area contributed by atoms with Crippen molar-refractivity contribution in [1.29, 1.82) is 0 Å². The van der Waals surface area contributed by atoms with Gasteiger partial charge in [0.2, 0.25) is 0 Å². The quantitative estimate of drug-likeness (QED) is 0.506. The van der Waals surface area contributed by atoms with E-state index in [2.05, 4.69) is 80.7 Å². The molecule has 2 heterocycles. The van der Waals surface area contributed by atoms with Crippen molar-refractivity contribution in [3.8, 4) is 0 Å². The van der Waals surface area contributed by atoms with Crippen molar-refractivity contribution >= 4 is 22.7 Å². The summed E-state index contributed by atoms with van der Waals surface area (Å²) in [6, 6.07) is 2.35. The van der Waals surface area contributed by atoms with Gasteiger partial charge in [0.1, 0.15) is 0 Å². The maximum absolute atomic E-state index is 4.80. The maximum atomic E-state index is 4.80. The van der Waals surface area contributed by atoms with Crippen LogP contribution in [0, 0.1) is 0 Å². The van der Waals surface area contributed by atoms with Crippen molar-refractivity contribution in [2.75, 3.05) is 0 Å². The number of hydrogen-bond acceptors (Lipinski definition) is 3. The van der Waals surface area contributed by atoms with Gasteiger partial charge >= 0.3 is 0 Å².